The molecule has 3 N–H and O–H groups in total. The van der Waals surface area contributed by atoms with Crippen molar-refractivity contribution in [2.75, 3.05) is 61.4 Å². The lowest BCUT2D eigenvalue weighted by Crippen LogP contribution is -2.68. The van der Waals surface area contributed by atoms with Crippen molar-refractivity contribution in [2.45, 2.75) is 268 Å². The molecule has 32 heteroatoms. The molecule has 0 aromatic heterocycles. The molecule has 11 amide bonds. The van der Waals surface area contributed by atoms with Crippen molar-refractivity contribution in [3.63, 3.8) is 0 Å². The Labute approximate surface area is 586 Å². The minimum atomic E-state index is -5.26. The molecule has 3 aliphatic heterocycles. The molecule has 2 unspecified atom stereocenters. The molecule has 0 aromatic carbocycles. The van der Waals surface area contributed by atoms with Gasteiger partial charge in [0.25, 0.3) is 5.92 Å². The van der Waals surface area contributed by atoms with E-state index >= 15 is 36.7 Å². The van der Waals surface area contributed by atoms with Gasteiger partial charge in [0.05, 0.1) is 19.0 Å². The Kier molecular flexibility index (Phi) is 28.0. The molecule has 3 saturated heterocycles. The molecular weight excluding hydrogens is 1350 g/mol. The summed E-state index contributed by atoms with van der Waals surface area (Å²) in [4.78, 5) is 171. The molecule has 6 aliphatic rings. The highest BCUT2D eigenvalue weighted by Gasteiger charge is 2.58. The third-order valence-electron chi connectivity index (χ3n) is 22.7. The largest absolute Gasteiger partial charge is 0.397 e. The lowest BCUT2D eigenvalue weighted by Gasteiger charge is -2.46. The van der Waals surface area contributed by atoms with Crippen LogP contribution < -0.4 is 16.0 Å². The summed E-state index contributed by atoms with van der Waals surface area (Å²) in [6, 6.07) is -12.7. The van der Waals surface area contributed by atoms with E-state index in [4.69, 9.17) is 0 Å². The summed E-state index contributed by atoms with van der Waals surface area (Å²) < 4.78 is 146. The first-order valence-electron chi connectivity index (χ1n) is 35.8. The van der Waals surface area contributed by atoms with Crippen LogP contribution in [-0.2, 0) is 52.7 Å². The fourth-order valence-corrected chi connectivity index (χ4v) is 15.3. The van der Waals surface area contributed by atoms with Gasteiger partial charge in [0, 0.05) is 67.2 Å². The number of alkyl halides is 10. The normalized spacial score (nSPS) is 32.8. The Hall–Kier alpha value is -6.53. The van der Waals surface area contributed by atoms with E-state index in [1.165, 1.54) is 56.7 Å². The van der Waals surface area contributed by atoms with Crippen molar-refractivity contribution in [3.05, 3.63) is 0 Å². The summed E-state index contributed by atoms with van der Waals surface area (Å²) in [6.07, 6.45) is -19.6. The van der Waals surface area contributed by atoms with Gasteiger partial charge in [0.2, 0.25) is 65.0 Å². The minimum Gasteiger partial charge on any atom is -0.343 e. The van der Waals surface area contributed by atoms with Gasteiger partial charge in [-0.2, -0.15) is 26.3 Å². The molecule has 101 heavy (non-hydrogen) atoms. The minimum absolute atomic E-state index is 0.00148. The molecular formula is C69H107F10N11O11. The summed E-state index contributed by atoms with van der Waals surface area (Å²) in [5.74, 6) is -21.2. The van der Waals surface area contributed by atoms with Crippen LogP contribution in [0.1, 0.15) is 178 Å². The van der Waals surface area contributed by atoms with E-state index < -0.39 is 236 Å². The van der Waals surface area contributed by atoms with Crippen LogP contribution >= 0.6 is 0 Å². The quantitative estimate of drug-likeness (QED) is 0.165. The zero-order valence-electron chi connectivity index (χ0n) is 60.8. The number of halogens is 10. The SMILES string of the molecule is CC[C@H](C)[C@@H]1NC(=O)[C@H](CC(C)C)N(C)C(=O)C[C@@H](C)N(C)C(=O)[C@H]([C@@H](C)CC)N(C)C(=O)C2(CCC2)NC(=O)[C@@H]2CC(F)(F)CN2C(=O)[C@H](CCC2CC(F)C(C(F)(F)F)C(F)C2)NC(=O)CN(C)C(=O)[C@H](CC2CCC(C(F)(F)F)CC2)N(CC)C(=O)[C@@H]2CCN2C(=O)[C@H](C)N(C)C1=O. The van der Waals surface area contributed by atoms with Crippen molar-refractivity contribution < 1.29 is 96.6 Å². The summed E-state index contributed by atoms with van der Waals surface area (Å²) in [7, 11) is 6.65. The molecule has 6 fully saturated rings. The number of carbonyl (C=O) groups excluding carboxylic acids is 11. The second-order valence-corrected chi connectivity index (χ2v) is 30.2. The van der Waals surface area contributed by atoms with Crippen LogP contribution in [0.2, 0.25) is 0 Å². The zero-order valence-corrected chi connectivity index (χ0v) is 60.8. The van der Waals surface area contributed by atoms with E-state index in [1.54, 1.807) is 34.6 Å². The van der Waals surface area contributed by atoms with Gasteiger partial charge in [-0.15, -0.1) is 0 Å². The Balaban J connectivity index is 1.43. The average molecular weight is 1460 g/mol. The van der Waals surface area contributed by atoms with Gasteiger partial charge in [-0.1, -0.05) is 54.4 Å². The second-order valence-electron chi connectivity index (χ2n) is 30.2. The third kappa shape index (κ3) is 19.5. The van der Waals surface area contributed by atoms with E-state index in [-0.39, 0.29) is 83.2 Å². The van der Waals surface area contributed by atoms with E-state index in [1.807, 2.05) is 13.8 Å². The Morgan fingerprint density at radius 2 is 1.20 bits per heavy atom. The molecule has 6 rings (SSSR count). The van der Waals surface area contributed by atoms with Crippen LogP contribution in [-0.4, -0.2) is 256 Å². The van der Waals surface area contributed by atoms with E-state index in [0.717, 1.165) is 26.6 Å². The van der Waals surface area contributed by atoms with Crippen molar-refractivity contribution >= 4 is 65.0 Å². The highest BCUT2D eigenvalue weighted by Crippen LogP contribution is 2.46. The first kappa shape index (κ1) is 83.4. The van der Waals surface area contributed by atoms with Crippen LogP contribution in [0.3, 0.4) is 0 Å². The maximum atomic E-state index is 16.0. The third-order valence-corrected chi connectivity index (χ3v) is 22.7. The first-order chi connectivity index (χ1) is 46.9. The average Bonchev–Trinajstić information content (AvgIpc) is 1.75. The predicted molar refractivity (Wildman–Crippen MR) is 351 cm³/mol. The number of nitrogens with zero attached hydrogens (tertiary/aromatic N) is 8. The maximum Gasteiger partial charge on any atom is 0.397 e. The Bertz CT molecular complexity index is 2980. The molecule has 0 aromatic rings. The molecule has 22 nitrogen and oxygen atoms in total. The molecule has 13 atom stereocenters. The van der Waals surface area contributed by atoms with Gasteiger partial charge in [-0.3, -0.25) is 52.7 Å². The summed E-state index contributed by atoms with van der Waals surface area (Å²) >= 11 is 0. The number of fused-ring (bicyclic) bond motifs is 2. The number of amides is 11. The zero-order chi connectivity index (χ0) is 76.0. The Morgan fingerprint density at radius 3 is 1.70 bits per heavy atom. The van der Waals surface area contributed by atoms with Crippen molar-refractivity contribution in [2.24, 2.45) is 41.4 Å². The van der Waals surface area contributed by atoms with Gasteiger partial charge >= 0.3 is 12.4 Å². The fourth-order valence-electron chi connectivity index (χ4n) is 15.3. The molecule has 0 radical (unpaired) electrons. The van der Waals surface area contributed by atoms with Crippen LogP contribution in [0, 0.1) is 41.4 Å². The highest BCUT2D eigenvalue weighted by atomic mass is 19.4. The van der Waals surface area contributed by atoms with Gasteiger partial charge in [0.15, 0.2) is 0 Å². The van der Waals surface area contributed by atoms with Gasteiger partial charge in [-0.25, -0.2) is 17.6 Å². The summed E-state index contributed by atoms with van der Waals surface area (Å²) in [6.45, 7) is 12.5. The summed E-state index contributed by atoms with van der Waals surface area (Å²) in [5.41, 5.74) is -1.83. The molecule has 574 valence electrons. The van der Waals surface area contributed by atoms with Gasteiger partial charge in [0.1, 0.15) is 72.1 Å². The number of hydrogen-bond acceptors (Lipinski definition) is 11. The number of carbonyl (C=O) groups is 11. The molecule has 1 spiro atoms. The van der Waals surface area contributed by atoms with E-state index in [0.29, 0.717) is 24.2 Å². The van der Waals surface area contributed by atoms with Crippen molar-refractivity contribution in [1.82, 2.24) is 55.1 Å². The lowest BCUT2D eigenvalue weighted by atomic mass is 9.74. The first-order valence-corrected chi connectivity index (χ1v) is 35.8. The van der Waals surface area contributed by atoms with E-state index in [2.05, 4.69) is 16.0 Å². The molecule has 3 heterocycles. The molecule has 0 bridgehead atoms. The van der Waals surface area contributed by atoms with Crippen LogP contribution in [0.25, 0.3) is 0 Å². The standard InChI is InChI=1S/C69H107F10N11O11/c1-15-38(6)55-63(99)85(12)41(9)59(95)89-28-25-48(89)62(98)88(17-3)50(33-42-19-22-44(23-20-42)68(74,75)76)61(97)83(10)35-52(91)80-47(24-21-43-31-45(70)54(46(71)32-43)69(77,78)79)60(96)90-36-67(72,73)34-51(90)58(94)82-66(26-18-27-66)65(101)87(14)56(39(7)16-2)64(100)84(11)40(8)30-53(92)86(13)49(29-37(4)5)57(93)81-55/h37-51,54-56H,15-36H2,1-14H3,(H,80,91)(H,81,93)(H,82,94)/t38-,39-,40+,41-,42?,43?,44?,45?,46?,47-,48-,49-,50-,51-,54?,55-,56-/m0/s1. The molecule has 3 saturated carbocycles. The molecule has 3 aliphatic carbocycles. The Morgan fingerprint density at radius 1 is 0.604 bits per heavy atom. The van der Waals surface area contributed by atoms with Crippen LogP contribution in [0.4, 0.5) is 43.9 Å². The van der Waals surface area contributed by atoms with Gasteiger partial charge in [-0.05, 0) is 140 Å². The maximum absolute atomic E-state index is 16.0. The smallest absolute Gasteiger partial charge is 0.343 e. The van der Waals surface area contributed by atoms with Gasteiger partial charge < -0.3 is 55.1 Å². The monoisotopic (exact) mass is 1460 g/mol. The number of likely N-dealkylation sites (N-methyl/N-ethyl adjacent to an activating group) is 6. The lowest BCUT2D eigenvalue weighted by molar-refractivity contribution is -0.219. The number of nitrogens with one attached hydrogen (secondary N) is 3. The predicted octanol–water partition coefficient (Wildman–Crippen LogP) is 7.20. The summed E-state index contributed by atoms with van der Waals surface area (Å²) in [5, 5.41) is 7.87. The van der Waals surface area contributed by atoms with Crippen molar-refractivity contribution in [1.29, 1.82) is 0 Å². The van der Waals surface area contributed by atoms with E-state index in [9.17, 15) is 59.9 Å². The number of hydrogen-bond donors (Lipinski definition) is 3. The number of rotatable bonds is 12. The highest BCUT2D eigenvalue weighted by molar-refractivity contribution is 6.00. The fraction of sp³-hybridized carbons (Fsp3) is 0.841. The topological polar surface area (TPSA) is 250 Å². The van der Waals surface area contributed by atoms with Crippen LogP contribution in [0.15, 0.2) is 0 Å². The van der Waals surface area contributed by atoms with Crippen molar-refractivity contribution in [3.8, 4) is 0 Å². The van der Waals surface area contributed by atoms with Crippen LogP contribution in [0.5, 0.6) is 0 Å². The second kappa shape index (κ2) is 33.9.